The Morgan fingerprint density at radius 3 is 1.58 bits per heavy atom. The number of aromatic nitrogens is 1. The number of hydrogen-bond donors (Lipinski definition) is 0. The lowest BCUT2D eigenvalue weighted by Gasteiger charge is -2.26. The van der Waals surface area contributed by atoms with Gasteiger partial charge >= 0.3 is 0 Å². The first-order chi connectivity index (χ1) is 29.0. The number of benzene rings is 9. The number of nitriles is 2. The van der Waals surface area contributed by atoms with Crippen molar-refractivity contribution in [2.45, 2.75) is 13.8 Å². The molecule has 0 spiro atoms. The van der Waals surface area contributed by atoms with Crippen LogP contribution in [-0.4, -0.2) is 4.40 Å². The van der Waals surface area contributed by atoms with Crippen molar-refractivity contribution in [3.8, 4) is 12.1 Å². The molecule has 0 aliphatic carbocycles. The maximum absolute atomic E-state index is 9.67. The highest BCUT2D eigenvalue weighted by atomic mass is 15.2. The Balaban J connectivity index is 1.20. The maximum Gasteiger partial charge on any atom is 0.0991 e. The molecule has 9 aromatic carbocycles. The van der Waals surface area contributed by atoms with Crippen molar-refractivity contribution in [1.82, 2.24) is 4.40 Å². The summed E-state index contributed by atoms with van der Waals surface area (Å²) in [5.74, 6) is 0. The van der Waals surface area contributed by atoms with E-state index in [2.05, 4.69) is 168 Å². The van der Waals surface area contributed by atoms with Crippen LogP contribution in [0.1, 0.15) is 22.3 Å². The highest BCUT2D eigenvalue weighted by Gasteiger charge is 2.25. The summed E-state index contributed by atoms with van der Waals surface area (Å²) in [7, 11) is 0. The van der Waals surface area contributed by atoms with Gasteiger partial charge in [-0.25, -0.2) is 0 Å². The van der Waals surface area contributed by atoms with Gasteiger partial charge < -0.3 is 14.2 Å². The molecular weight excluding hydrogens is 719 g/mol. The minimum absolute atomic E-state index is 0.628. The van der Waals surface area contributed by atoms with E-state index >= 15 is 0 Å². The van der Waals surface area contributed by atoms with Crippen LogP contribution in [0.3, 0.4) is 0 Å². The summed E-state index contributed by atoms with van der Waals surface area (Å²) < 4.78 is 2.50. The molecule has 0 aliphatic rings. The SMILES string of the molecule is Cc1ccc(N(c2ccc(C#N)cc2)c2ccc3cc4c5ccc(N(c6ccc(C)cc6)c6ccc(C#N)cc6)c6c7ccc8ccccc8c7n(c4cc3c2)c56)cc1. The van der Waals surface area contributed by atoms with Gasteiger partial charge in [0.05, 0.1) is 45.5 Å². The molecule has 0 atom stereocenters. The molecular formula is C54H35N5. The zero-order valence-corrected chi connectivity index (χ0v) is 32.5. The third-order valence-electron chi connectivity index (χ3n) is 11.8. The standard InChI is InChI=1S/C54H35N5/c1-34-7-17-41(18-8-34)57(42-21-11-36(32-55)12-22-42)45-25-15-39-30-49-47-27-28-50(58(43-19-9-35(2)10-20-43)44-23-13-37(33-56)14-24-44)52-48-26-16-38-5-3-4-6-46(38)53(48)59(54(47)52)51(49)31-40(39)29-45/h3-31H,1-2H3. The van der Waals surface area contributed by atoms with Gasteiger partial charge in [0, 0.05) is 55.4 Å². The van der Waals surface area contributed by atoms with E-state index in [0.717, 1.165) is 50.4 Å². The number of fused-ring (bicyclic) bond motifs is 9. The fraction of sp³-hybridized carbons (Fsp3) is 0.0370. The van der Waals surface area contributed by atoms with E-state index in [-0.39, 0.29) is 0 Å². The van der Waals surface area contributed by atoms with E-state index in [1.165, 1.54) is 54.5 Å². The lowest BCUT2D eigenvalue weighted by atomic mass is 10.00. The van der Waals surface area contributed by atoms with Crippen molar-refractivity contribution in [2.24, 2.45) is 0 Å². The Hall–Kier alpha value is -8.12. The zero-order valence-electron chi connectivity index (χ0n) is 32.5. The highest BCUT2D eigenvalue weighted by Crippen LogP contribution is 2.49. The number of aryl methyl sites for hydroxylation is 2. The normalized spacial score (nSPS) is 11.5. The zero-order chi connectivity index (χ0) is 39.8. The Kier molecular flexibility index (Phi) is 7.66. The van der Waals surface area contributed by atoms with Gasteiger partial charge in [-0.1, -0.05) is 83.9 Å². The molecule has 11 rings (SSSR count). The summed E-state index contributed by atoms with van der Waals surface area (Å²) in [6.45, 7) is 4.22. The van der Waals surface area contributed by atoms with Crippen LogP contribution in [-0.2, 0) is 0 Å². The van der Waals surface area contributed by atoms with Gasteiger partial charge in [0.1, 0.15) is 0 Å². The molecule has 0 saturated carbocycles. The quantitative estimate of drug-likeness (QED) is 0.170. The second kappa shape index (κ2) is 13.2. The molecule has 0 amide bonds. The van der Waals surface area contributed by atoms with Crippen molar-refractivity contribution in [3.05, 3.63) is 198 Å². The first-order valence-corrected chi connectivity index (χ1v) is 19.8. The summed E-state index contributed by atoms with van der Waals surface area (Å²) in [6, 6.07) is 66.7. The monoisotopic (exact) mass is 753 g/mol. The van der Waals surface area contributed by atoms with E-state index in [0.29, 0.717) is 11.1 Å². The molecule has 5 heteroatoms. The van der Waals surface area contributed by atoms with Crippen LogP contribution < -0.4 is 9.80 Å². The summed E-state index contributed by atoms with van der Waals surface area (Å²) in [4.78, 5) is 4.58. The second-order valence-corrected chi connectivity index (χ2v) is 15.4. The topological polar surface area (TPSA) is 58.5 Å². The molecule has 0 aliphatic heterocycles. The average molecular weight is 754 g/mol. The lowest BCUT2D eigenvalue weighted by Crippen LogP contribution is -2.10. The Bertz CT molecular complexity index is 3510. The van der Waals surface area contributed by atoms with Gasteiger partial charge in [-0.3, -0.25) is 0 Å². The van der Waals surface area contributed by atoms with Crippen molar-refractivity contribution in [3.63, 3.8) is 0 Å². The first-order valence-electron chi connectivity index (χ1n) is 19.8. The molecule has 5 nitrogen and oxygen atoms in total. The number of anilines is 6. The molecule has 11 aromatic rings. The summed E-state index contributed by atoms with van der Waals surface area (Å²) >= 11 is 0. The van der Waals surface area contributed by atoms with Crippen molar-refractivity contribution < 1.29 is 0 Å². The van der Waals surface area contributed by atoms with Gasteiger partial charge in [0.2, 0.25) is 0 Å². The Labute approximate surface area is 341 Å². The number of nitrogens with zero attached hydrogens (tertiary/aromatic N) is 5. The molecule has 0 N–H and O–H groups in total. The summed E-state index contributed by atoms with van der Waals surface area (Å²) in [6.07, 6.45) is 0. The van der Waals surface area contributed by atoms with Gasteiger partial charge in [0.25, 0.3) is 0 Å². The van der Waals surface area contributed by atoms with Crippen molar-refractivity contribution >= 4 is 93.8 Å². The predicted octanol–water partition coefficient (Wildman–Crippen LogP) is 14.4. The molecule has 0 unspecified atom stereocenters. The minimum Gasteiger partial charge on any atom is -0.310 e. The lowest BCUT2D eigenvalue weighted by molar-refractivity contribution is 1.28. The van der Waals surface area contributed by atoms with Gasteiger partial charge in [0.15, 0.2) is 0 Å². The van der Waals surface area contributed by atoms with E-state index < -0.39 is 0 Å². The van der Waals surface area contributed by atoms with Gasteiger partial charge in [-0.15, -0.1) is 0 Å². The second-order valence-electron chi connectivity index (χ2n) is 15.4. The molecule has 0 fully saturated rings. The summed E-state index contributed by atoms with van der Waals surface area (Å²) in [5, 5.41) is 28.7. The van der Waals surface area contributed by atoms with Gasteiger partial charge in [-0.05, 0) is 133 Å². The van der Waals surface area contributed by atoms with Crippen molar-refractivity contribution in [2.75, 3.05) is 9.80 Å². The largest absolute Gasteiger partial charge is 0.310 e. The van der Waals surface area contributed by atoms with E-state index in [4.69, 9.17) is 0 Å². The third kappa shape index (κ3) is 5.37. The molecule has 276 valence electrons. The van der Waals surface area contributed by atoms with Crippen LogP contribution >= 0.6 is 0 Å². The minimum atomic E-state index is 0.628. The Morgan fingerprint density at radius 2 is 0.949 bits per heavy atom. The number of rotatable bonds is 6. The highest BCUT2D eigenvalue weighted by molar-refractivity contribution is 6.31. The smallest absolute Gasteiger partial charge is 0.0991 e. The Morgan fingerprint density at radius 1 is 0.407 bits per heavy atom. The molecule has 2 heterocycles. The fourth-order valence-corrected chi connectivity index (χ4v) is 8.98. The third-order valence-corrected chi connectivity index (χ3v) is 11.8. The van der Waals surface area contributed by atoms with Crippen LogP contribution in [0.15, 0.2) is 176 Å². The molecule has 0 bridgehead atoms. The summed E-state index contributed by atoms with van der Waals surface area (Å²) in [5.41, 5.74) is 13.3. The molecule has 2 aromatic heterocycles. The average Bonchev–Trinajstić information content (AvgIpc) is 3.80. The molecule has 0 radical (unpaired) electrons. The van der Waals surface area contributed by atoms with E-state index in [1.807, 2.05) is 48.5 Å². The maximum atomic E-state index is 9.67. The van der Waals surface area contributed by atoms with E-state index in [1.54, 1.807) is 0 Å². The molecule has 0 saturated heterocycles. The van der Waals surface area contributed by atoms with E-state index in [9.17, 15) is 10.5 Å². The van der Waals surface area contributed by atoms with Crippen LogP contribution in [0, 0.1) is 36.5 Å². The fourth-order valence-electron chi connectivity index (χ4n) is 8.98. The predicted molar refractivity (Wildman–Crippen MR) is 244 cm³/mol. The molecule has 59 heavy (non-hydrogen) atoms. The van der Waals surface area contributed by atoms with Crippen LogP contribution in [0.4, 0.5) is 34.1 Å². The van der Waals surface area contributed by atoms with Crippen LogP contribution in [0.5, 0.6) is 0 Å². The van der Waals surface area contributed by atoms with Crippen molar-refractivity contribution in [1.29, 1.82) is 10.5 Å². The first kappa shape index (κ1) is 34.2. The van der Waals surface area contributed by atoms with Crippen LogP contribution in [0.2, 0.25) is 0 Å². The van der Waals surface area contributed by atoms with Crippen LogP contribution in [0.25, 0.3) is 59.6 Å². The number of hydrogen-bond acceptors (Lipinski definition) is 4. The van der Waals surface area contributed by atoms with Gasteiger partial charge in [-0.2, -0.15) is 10.5 Å².